The SMILES string of the molecule is CC(N)CSCc1cn2cccnc2n1. The van der Waals surface area contributed by atoms with Crippen molar-refractivity contribution in [2.45, 2.75) is 18.7 Å². The number of nitrogens with two attached hydrogens (primary N) is 1. The van der Waals surface area contributed by atoms with Crippen molar-refractivity contribution in [3.8, 4) is 0 Å². The first-order valence-corrected chi connectivity index (χ1v) is 6.03. The minimum Gasteiger partial charge on any atom is -0.327 e. The lowest BCUT2D eigenvalue weighted by Crippen LogP contribution is -2.17. The Labute approximate surface area is 92.9 Å². The van der Waals surface area contributed by atoms with E-state index in [1.54, 1.807) is 18.0 Å². The molecule has 1 atom stereocenters. The average molecular weight is 222 g/mol. The van der Waals surface area contributed by atoms with Crippen molar-refractivity contribution in [3.05, 3.63) is 30.4 Å². The van der Waals surface area contributed by atoms with Gasteiger partial charge in [0.2, 0.25) is 5.78 Å². The molecule has 0 aromatic carbocycles. The van der Waals surface area contributed by atoms with Crippen LogP contribution >= 0.6 is 11.8 Å². The zero-order chi connectivity index (χ0) is 10.7. The number of hydrogen-bond donors (Lipinski definition) is 1. The van der Waals surface area contributed by atoms with E-state index >= 15 is 0 Å². The van der Waals surface area contributed by atoms with Crippen LogP contribution in [0.2, 0.25) is 0 Å². The maximum absolute atomic E-state index is 5.67. The van der Waals surface area contributed by atoms with E-state index in [4.69, 9.17) is 5.73 Å². The third kappa shape index (κ3) is 2.70. The number of aromatic nitrogens is 3. The van der Waals surface area contributed by atoms with Gasteiger partial charge in [0.15, 0.2) is 0 Å². The molecule has 0 saturated carbocycles. The van der Waals surface area contributed by atoms with Gasteiger partial charge in [-0.2, -0.15) is 11.8 Å². The zero-order valence-corrected chi connectivity index (χ0v) is 9.44. The van der Waals surface area contributed by atoms with Crippen LogP contribution in [0, 0.1) is 0 Å². The molecule has 15 heavy (non-hydrogen) atoms. The summed E-state index contributed by atoms with van der Waals surface area (Å²) in [6.07, 6.45) is 5.72. The summed E-state index contributed by atoms with van der Waals surface area (Å²) in [7, 11) is 0. The fourth-order valence-electron chi connectivity index (χ4n) is 1.30. The van der Waals surface area contributed by atoms with Crippen LogP contribution < -0.4 is 5.73 Å². The molecule has 2 aromatic heterocycles. The Hall–Kier alpha value is -1.07. The van der Waals surface area contributed by atoms with E-state index in [1.165, 1.54) is 0 Å². The van der Waals surface area contributed by atoms with Crippen LogP contribution in [-0.2, 0) is 5.75 Å². The Morgan fingerprint density at radius 2 is 2.47 bits per heavy atom. The van der Waals surface area contributed by atoms with Crippen molar-refractivity contribution in [3.63, 3.8) is 0 Å². The van der Waals surface area contributed by atoms with Gasteiger partial charge in [-0.15, -0.1) is 0 Å². The van der Waals surface area contributed by atoms with E-state index in [-0.39, 0.29) is 6.04 Å². The fraction of sp³-hybridized carbons (Fsp3) is 0.400. The first-order chi connectivity index (χ1) is 7.25. The highest BCUT2D eigenvalue weighted by Crippen LogP contribution is 2.12. The van der Waals surface area contributed by atoms with Crippen LogP contribution in [0.15, 0.2) is 24.7 Å². The van der Waals surface area contributed by atoms with Crippen molar-refractivity contribution < 1.29 is 0 Å². The lowest BCUT2D eigenvalue weighted by Gasteiger charge is -2.01. The largest absolute Gasteiger partial charge is 0.327 e. The lowest BCUT2D eigenvalue weighted by molar-refractivity contribution is 0.847. The molecule has 5 heteroatoms. The Morgan fingerprint density at radius 1 is 1.60 bits per heavy atom. The van der Waals surface area contributed by atoms with Gasteiger partial charge in [0.1, 0.15) is 0 Å². The van der Waals surface area contributed by atoms with E-state index in [1.807, 2.05) is 29.8 Å². The monoisotopic (exact) mass is 222 g/mol. The highest BCUT2D eigenvalue weighted by atomic mass is 32.2. The molecule has 1 unspecified atom stereocenters. The fourth-order valence-corrected chi connectivity index (χ4v) is 2.14. The van der Waals surface area contributed by atoms with Gasteiger partial charge in [-0.05, 0) is 13.0 Å². The van der Waals surface area contributed by atoms with Crippen LogP contribution in [0.4, 0.5) is 0 Å². The molecule has 0 aliphatic heterocycles. The quantitative estimate of drug-likeness (QED) is 0.847. The standard InChI is InChI=1S/C10H14N4S/c1-8(11)6-15-7-9-5-14-4-2-3-12-10(14)13-9/h2-5,8H,6-7,11H2,1H3. The molecule has 0 aliphatic carbocycles. The number of rotatable bonds is 4. The molecular weight excluding hydrogens is 208 g/mol. The molecule has 0 radical (unpaired) electrons. The number of fused-ring (bicyclic) bond motifs is 1. The molecule has 2 aromatic rings. The van der Waals surface area contributed by atoms with Gasteiger partial charge < -0.3 is 5.73 Å². The van der Waals surface area contributed by atoms with Gasteiger partial charge in [0.05, 0.1) is 5.69 Å². The second-order valence-electron chi connectivity index (χ2n) is 3.55. The molecule has 0 bridgehead atoms. The molecule has 4 nitrogen and oxygen atoms in total. The van der Waals surface area contributed by atoms with E-state index < -0.39 is 0 Å². The second kappa shape index (κ2) is 4.63. The summed E-state index contributed by atoms with van der Waals surface area (Å²) in [4.78, 5) is 8.56. The minimum absolute atomic E-state index is 0.241. The van der Waals surface area contributed by atoms with E-state index in [0.29, 0.717) is 0 Å². The molecular formula is C10H14N4S. The summed E-state index contributed by atoms with van der Waals surface area (Å²) in [5.41, 5.74) is 6.73. The van der Waals surface area contributed by atoms with Crippen LogP contribution in [0.25, 0.3) is 5.78 Å². The molecule has 2 rings (SSSR count). The summed E-state index contributed by atoms with van der Waals surface area (Å²) in [5.74, 6) is 2.61. The first kappa shape index (κ1) is 10.4. The van der Waals surface area contributed by atoms with Crippen molar-refractivity contribution in [2.75, 3.05) is 5.75 Å². The molecule has 0 aliphatic rings. The Kier molecular flexibility index (Phi) is 3.23. The summed E-state index contributed by atoms with van der Waals surface area (Å²) < 4.78 is 1.93. The van der Waals surface area contributed by atoms with Gasteiger partial charge in [0.25, 0.3) is 0 Å². The van der Waals surface area contributed by atoms with Gasteiger partial charge in [-0.1, -0.05) is 0 Å². The highest BCUT2D eigenvalue weighted by molar-refractivity contribution is 7.98. The number of thioether (sulfide) groups is 1. The second-order valence-corrected chi connectivity index (χ2v) is 4.58. The van der Waals surface area contributed by atoms with Crippen molar-refractivity contribution in [1.82, 2.24) is 14.4 Å². The van der Waals surface area contributed by atoms with Crippen LogP contribution in [0.1, 0.15) is 12.6 Å². The normalized spacial score (nSPS) is 13.2. The molecule has 2 heterocycles. The molecule has 0 saturated heterocycles. The lowest BCUT2D eigenvalue weighted by atomic mass is 10.4. The van der Waals surface area contributed by atoms with E-state index in [0.717, 1.165) is 23.0 Å². The zero-order valence-electron chi connectivity index (χ0n) is 8.63. The molecule has 0 spiro atoms. The number of nitrogens with zero attached hydrogens (tertiary/aromatic N) is 3. The molecule has 80 valence electrons. The van der Waals surface area contributed by atoms with Crippen molar-refractivity contribution in [1.29, 1.82) is 0 Å². The van der Waals surface area contributed by atoms with Crippen molar-refractivity contribution >= 4 is 17.5 Å². The summed E-state index contributed by atoms with van der Waals surface area (Å²) >= 11 is 1.80. The van der Waals surface area contributed by atoms with Crippen LogP contribution in [-0.4, -0.2) is 26.2 Å². The summed E-state index contributed by atoms with van der Waals surface area (Å²) in [5, 5.41) is 0. The Bertz CT molecular complexity index is 405. The van der Waals surface area contributed by atoms with Gasteiger partial charge in [-0.3, -0.25) is 4.40 Å². The predicted molar refractivity (Wildman–Crippen MR) is 62.8 cm³/mol. The molecule has 2 N–H and O–H groups in total. The third-order valence-corrected chi connectivity index (χ3v) is 3.18. The van der Waals surface area contributed by atoms with Gasteiger partial charge in [-0.25, -0.2) is 9.97 Å². The van der Waals surface area contributed by atoms with Gasteiger partial charge >= 0.3 is 0 Å². The minimum atomic E-state index is 0.241. The first-order valence-electron chi connectivity index (χ1n) is 4.87. The Morgan fingerprint density at radius 3 is 3.20 bits per heavy atom. The maximum Gasteiger partial charge on any atom is 0.233 e. The number of imidazole rings is 1. The summed E-state index contributed by atoms with van der Waals surface area (Å²) in [6, 6.07) is 2.14. The Balaban J connectivity index is 2.03. The highest BCUT2D eigenvalue weighted by Gasteiger charge is 2.02. The average Bonchev–Trinajstić information content (AvgIpc) is 2.59. The maximum atomic E-state index is 5.67. The van der Waals surface area contributed by atoms with Crippen LogP contribution in [0.3, 0.4) is 0 Å². The third-order valence-electron chi connectivity index (χ3n) is 1.92. The summed E-state index contributed by atoms with van der Waals surface area (Å²) in [6.45, 7) is 2.01. The van der Waals surface area contributed by atoms with E-state index in [2.05, 4.69) is 9.97 Å². The van der Waals surface area contributed by atoms with E-state index in [9.17, 15) is 0 Å². The topological polar surface area (TPSA) is 56.2 Å². The van der Waals surface area contributed by atoms with Crippen LogP contribution in [0.5, 0.6) is 0 Å². The predicted octanol–water partition coefficient (Wildman–Crippen LogP) is 1.31. The van der Waals surface area contributed by atoms with Gasteiger partial charge in [0, 0.05) is 36.1 Å². The van der Waals surface area contributed by atoms with Crippen molar-refractivity contribution in [2.24, 2.45) is 5.73 Å². The smallest absolute Gasteiger partial charge is 0.233 e. The number of hydrogen-bond acceptors (Lipinski definition) is 4. The molecule has 0 amide bonds. The molecule has 0 fully saturated rings.